The highest BCUT2D eigenvalue weighted by Crippen LogP contribution is 2.44. The number of guanidine groups is 1. The highest BCUT2D eigenvalue weighted by Gasteiger charge is 2.38. The minimum atomic E-state index is -2.94. The molecule has 1 aliphatic rings. The van der Waals surface area contributed by atoms with Gasteiger partial charge < -0.3 is 10.6 Å². The van der Waals surface area contributed by atoms with Crippen molar-refractivity contribution in [1.82, 2.24) is 10.6 Å². The molecule has 146 valence electrons. The third-order valence-electron chi connectivity index (χ3n) is 4.94. The van der Waals surface area contributed by atoms with Gasteiger partial charge >= 0.3 is 0 Å². The van der Waals surface area contributed by atoms with Gasteiger partial charge in [-0.3, -0.25) is 4.99 Å². The molecule has 7 heteroatoms. The molecule has 0 spiro atoms. The van der Waals surface area contributed by atoms with E-state index in [1.54, 1.807) is 0 Å². The molecule has 1 aromatic carbocycles. The van der Waals surface area contributed by atoms with Crippen molar-refractivity contribution in [3.05, 3.63) is 34.3 Å². The fraction of sp³-hybridized carbons (Fsp3) is 0.632. The Balaban J connectivity index is 2.05. The molecule has 1 aromatic rings. The maximum atomic E-state index is 11.4. The summed E-state index contributed by atoms with van der Waals surface area (Å²) in [5.74, 6) is 0.942. The summed E-state index contributed by atoms with van der Waals surface area (Å²) in [5, 5.41) is 6.61. The van der Waals surface area contributed by atoms with E-state index in [2.05, 4.69) is 44.8 Å². The Morgan fingerprint density at radius 1 is 1.38 bits per heavy atom. The lowest BCUT2D eigenvalue weighted by Crippen LogP contribution is -2.45. The maximum Gasteiger partial charge on any atom is 0.191 e. The van der Waals surface area contributed by atoms with Crippen molar-refractivity contribution in [3.8, 4) is 0 Å². The maximum absolute atomic E-state index is 11.4. The third-order valence-corrected chi connectivity index (χ3v) is 6.41. The van der Waals surface area contributed by atoms with Crippen LogP contribution in [0.2, 0.25) is 0 Å². The number of aliphatic imine (C=N–C) groups is 1. The Bertz CT molecular complexity index is 730. The lowest BCUT2D eigenvalue weighted by molar-refractivity contribution is 0.253. The lowest BCUT2D eigenvalue weighted by atomic mass is 9.64. The summed E-state index contributed by atoms with van der Waals surface area (Å²) in [6, 6.07) is 8.57. The summed E-state index contributed by atoms with van der Waals surface area (Å²) in [6.45, 7) is 5.53. The zero-order chi connectivity index (χ0) is 19.2. The normalized spacial score (nSPS) is 18.1. The fourth-order valence-corrected chi connectivity index (χ4v) is 4.39. The zero-order valence-corrected chi connectivity index (χ0v) is 18.3. The Morgan fingerprint density at radius 2 is 2.12 bits per heavy atom. The van der Waals surface area contributed by atoms with Crippen molar-refractivity contribution in [2.75, 3.05) is 25.1 Å². The van der Waals surface area contributed by atoms with E-state index in [0.717, 1.165) is 36.4 Å². The second-order valence-electron chi connectivity index (χ2n) is 7.30. The van der Waals surface area contributed by atoms with Gasteiger partial charge in [-0.1, -0.05) is 34.5 Å². The van der Waals surface area contributed by atoms with Crippen LogP contribution in [-0.4, -0.2) is 45.5 Å². The van der Waals surface area contributed by atoms with Gasteiger partial charge in [0.15, 0.2) is 5.96 Å². The van der Waals surface area contributed by atoms with E-state index in [-0.39, 0.29) is 17.2 Å². The van der Waals surface area contributed by atoms with Crippen LogP contribution in [0, 0.1) is 0 Å². The molecule has 2 N–H and O–H groups in total. The molecule has 0 aliphatic heterocycles. The van der Waals surface area contributed by atoms with Crippen LogP contribution in [0.25, 0.3) is 0 Å². The van der Waals surface area contributed by atoms with Gasteiger partial charge in [0.1, 0.15) is 9.84 Å². The van der Waals surface area contributed by atoms with Crippen molar-refractivity contribution < 1.29 is 8.42 Å². The number of halogens is 1. The predicted octanol–water partition coefficient (Wildman–Crippen LogP) is 3.25. The van der Waals surface area contributed by atoms with Crippen LogP contribution in [-0.2, 0) is 15.3 Å². The van der Waals surface area contributed by atoms with Gasteiger partial charge in [-0.2, -0.15) is 0 Å². The van der Waals surface area contributed by atoms with Gasteiger partial charge in [0.25, 0.3) is 0 Å². The number of nitrogens with zero attached hydrogens (tertiary/aromatic N) is 1. The lowest BCUT2D eigenvalue weighted by Gasteiger charge is -2.41. The molecule has 0 aromatic heterocycles. The average molecular weight is 444 g/mol. The van der Waals surface area contributed by atoms with E-state index in [4.69, 9.17) is 4.99 Å². The van der Waals surface area contributed by atoms with E-state index >= 15 is 0 Å². The topological polar surface area (TPSA) is 70.6 Å². The Labute approximate surface area is 166 Å². The second kappa shape index (κ2) is 9.22. The summed E-state index contributed by atoms with van der Waals surface area (Å²) in [5.41, 5.74) is 1.45. The van der Waals surface area contributed by atoms with Crippen LogP contribution >= 0.6 is 15.9 Å². The average Bonchev–Trinajstić information content (AvgIpc) is 2.51. The molecule has 1 fully saturated rings. The third kappa shape index (κ3) is 6.27. The first-order chi connectivity index (χ1) is 12.2. The number of sulfone groups is 1. The van der Waals surface area contributed by atoms with Crippen molar-refractivity contribution in [3.63, 3.8) is 0 Å². The van der Waals surface area contributed by atoms with Gasteiger partial charge in [-0.15, -0.1) is 0 Å². The summed E-state index contributed by atoms with van der Waals surface area (Å²) >= 11 is 3.57. The second-order valence-corrected chi connectivity index (χ2v) is 10.5. The molecular weight excluding hydrogens is 414 g/mol. The van der Waals surface area contributed by atoms with Crippen molar-refractivity contribution in [1.29, 1.82) is 0 Å². The number of hydrogen-bond donors (Lipinski definition) is 2. The molecule has 1 aliphatic carbocycles. The molecule has 1 saturated carbocycles. The van der Waals surface area contributed by atoms with Crippen LogP contribution in [0.4, 0.5) is 0 Å². The predicted molar refractivity (Wildman–Crippen MR) is 113 cm³/mol. The molecule has 1 atom stereocenters. The van der Waals surface area contributed by atoms with Crippen molar-refractivity contribution >= 4 is 31.7 Å². The van der Waals surface area contributed by atoms with E-state index in [1.165, 1.54) is 18.2 Å². The van der Waals surface area contributed by atoms with Crippen LogP contribution in [0.1, 0.15) is 45.1 Å². The first kappa shape index (κ1) is 21.2. The zero-order valence-electron chi connectivity index (χ0n) is 15.9. The first-order valence-electron chi connectivity index (χ1n) is 9.23. The Hall–Kier alpha value is -1.08. The van der Waals surface area contributed by atoms with E-state index in [0.29, 0.717) is 6.42 Å². The monoisotopic (exact) mass is 443 g/mol. The van der Waals surface area contributed by atoms with Gasteiger partial charge in [-0.25, -0.2) is 8.42 Å². The molecule has 0 radical (unpaired) electrons. The number of nitrogens with one attached hydrogen (secondary N) is 2. The Kier molecular flexibility index (Phi) is 7.52. The van der Waals surface area contributed by atoms with Crippen LogP contribution < -0.4 is 10.6 Å². The van der Waals surface area contributed by atoms with Gasteiger partial charge in [-0.05, 0) is 50.8 Å². The minimum absolute atomic E-state index is 0.0470. The fourth-order valence-electron chi connectivity index (χ4n) is 3.21. The molecule has 0 heterocycles. The Morgan fingerprint density at radius 3 is 2.65 bits per heavy atom. The molecule has 5 nitrogen and oxygen atoms in total. The minimum Gasteiger partial charge on any atom is -0.357 e. The number of hydrogen-bond acceptors (Lipinski definition) is 3. The first-order valence-corrected chi connectivity index (χ1v) is 12.1. The SMILES string of the molecule is CCNC(=NCC1(c2cccc(Br)c2)CCC1)NC(C)CCS(C)(=O)=O. The molecular formula is C19H30BrN3O2S. The molecule has 1 unspecified atom stereocenters. The summed E-state index contributed by atoms with van der Waals surface area (Å²) in [7, 11) is -2.94. The number of benzene rings is 1. The molecule has 2 rings (SSSR count). The standard InChI is InChI=1S/C19H30BrN3O2S/c1-4-21-18(23-15(2)9-12-26(3,24)25)22-14-19(10-6-11-19)16-7-5-8-17(20)13-16/h5,7-8,13,15H,4,6,9-12,14H2,1-3H3,(H2,21,22,23). The van der Waals surface area contributed by atoms with Gasteiger partial charge in [0, 0.05) is 28.7 Å². The van der Waals surface area contributed by atoms with E-state index in [1.807, 2.05) is 19.9 Å². The molecule has 0 bridgehead atoms. The van der Waals surface area contributed by atoms with Gasteiger partial charge in [0.05, 0.1) is 12.3 Å². The summed E-state index contributed by atoms with van der Waals surface area (Å²) in [4.78, 5) is 4.83. The van der Waals surface area contributed by atoms with E-state index in [9.17, 15) is 8.42 Å². The van der Waals surface area contributed by atoms with E-state index < -0.39 is 9.84 Å². The molecule has 0 amide bonds. The van der Waals surface area contributed by atoms with Crippen LogP contribution in [0.15, 0.2) is 33.7 Å². The number of rotatable bonds is 8. The van der Waals surface area contributed by atoms with Gasteiger partial charge in [0.2, 0.25) is 0 Å². The van der Waals surface area contributed by atoms with Crippen molar-refractivity contribution in [2.45, 2.75) is 51.0 Å². The highest BCUT2D eigenvalue weighted by molar-refractivity contribution is 9.10. The summed E-state index contributed by atoms with van der Waals surface area (Å²) in [6.07, 6.45) is 5.38. The smallest absolute Gasteiger partial charge is 0.191 e. The van der Waals surface area contributed by atoms with Crippen molar-refractivity contribution in [2.24, 2.45) is 4.99 Å². The highest BCUT2D eigenvalue weighted by atomic mass is 79.9. The largest absolute Gasteiger partial charge is 0.357 e. The van der Waals surface area contributed by atoms with Crippen LogP contribution in [0.5, 0.6) is 0 Å². The quantitative estimate of drug-likeness (QED) is 0.477. The van der Waals surface area contributed by atoms with Crippen LogP contribution in [0.3, 0.4) is 0 Å². The summed E-state index contributed by atoms with van der Waals surface area (Å²) < 4.78 is 23.8. The molecule has 0 saturated heterocycles. The molecule has 26 heavy (non-hydrogen) atoms.